The van der Waals surface area contributed by atoms with Crippen LogP contribution in [0.4, 0.5) is 11.4 Å². The normalized spacial score (nSPS) is 10.1. The molecule has 0 unspecified atom stereocenters. The van der Waals surface area contributed by atoms with E-state index in [2.05, 4.69) is 5.32 Å². The number of halogens is 1. The number of amides is 1. The standard InChI is InChI=1S/C18H17ClN2O7/c1-26-15-6-3-11(7-16(15)27-2)8-18(23)28-10-17(22)20-14-5-4-12(21(24)25)9-13(14)19/h3-7,9H,8,10H2,1-2H3,(H,20,22). The van der Waals surface area contributed by atoms with Crippen LogP contribution < -0.4 is 14.8 Å². The number of ether oxygens (including phenoxy) is 3. The molecule has 0 saturated heterocycles. The van der Waals surface area contributed by atoms with E-state index in [-0.39, 0.29) is 22.8 Å². The Bertz CT molecular complexity index is 901. The van der Waals surface area contributed by atoms with Gasteiger partial charge in [0.05, 0.1) is 36.3 Å². The van der Waals surface area contributed by atoms with Gasteiger partial charge in [0.15, 0.2) is 18.1 Å². The quantitative estimate of drug-likeness (QED) is 0.405. The van der Waals surface area contributed by atoms with E-state index in [0.717, 1.165) is 6.07 Å². The minimum atomic E-state index is -0.628. The van der Waals surface area contributed by atoms with Gasteiger partial charge in [-0.1, -0.05) is 17.7 Å². The molecule has 1 amide bonds. The highest BCUT2D eigenvalue weighted by molar-refractivity contribution is 6.34. The van der Waals surface area contributed by atoms with Gasteiger partial charge in [0.25, 0.3) is 11.6 Å². The number of hydrogen-bond acceptors (Lipinski definition) is 7. The first kappa shape index (κ1) is 21.0. The lowest BCUT2D eigenvalue weighted by atomic mass is 10.1. The molecule has 0 heterocycles. The van der Waals surface area contributed by atoms with Gasteiger partial charge >= 0.3 is 5.97 Å². The summed E-state index contributed by atoms with van der Waals surface area (Å²) in [5.74, 6) is -0.245. The third kappa shape index (κ3) is 5.58. The maximum absolute atomic E-state index is 11.9. The predicted molar refractivity (Wildman–Crippen MR) is 101 cm³/mol. The average Bonchev–Trinajstić information content (AvgIpc) is 2.67. The molecule has 2 rings (SSSR count). The smallest absolute Gasteiger partial charge is 0.310 e. The minimum Gasteiger partial charge on any atom is -0.493 e. The van der Waals surface area contributed by atoms with Crippen molar-refractivity contribution in [3.8, 4) is 11.5 Å². The summed E-state index contributed by atoms with van der Waals surface area (Å²) in [4.78, 5) is 33.9. The number of nitrogens with zero attached hydrogens (tertiary/aromatic N) is 1. The van der Waals surface area contributed by atoms with Crippen LogP contribution in [0.2, 0.25) is 5.02 Å². The fourth-order valence-corrected chi connectivity index (χ4v) is 2.48. The van der Waals surface area contributed by atoms with Crippen LogP contribution >= 0.6 is 11.6 Å². The number of benzene rings is 2. The zero-order chi connectivity index (χ0) is 20.7. The van der Waals surface area contributed by atoms with E-state index >= 15 is 0 Å². The summed E-state index contributed by atoms with van der Waals surface area (Å²) in [5, 5.41) is 13.1. The molecule has 0 bridgehead atoms. The Morgan fingerprint density at radius 3 is 2.43 bits per heavy atom. The zero-order valence-corrected chi connectivity index (χ0v) is 15.8. The Morgan fingerprint density at radius 1 is 1.11 bits per heavy atom. The molecule has 0 spiro atoms. The summed E-state index contributed by atoms with van der Waals surface area (Å²) in [5.41, 5.74) is 0.596. The van der Waals surface area contributed by atoms with Gasteiger partial charge < -0.3 is 19.5 Å². The molecule has 0 atom stereocenters. The molecular weight excluding hydrogens is 392 g/mol. The second-order valence-electron chi connectivity index (χ2n) is 5.50. The Balaban J connectivity index is 1.89. The second-order valence-corrected chi connectivity index (χ2v) is 5.90. The molecule has 28 heavy (non-hydrogen) atoms. The molecule has 1 N–H and O–H groups in total. The molecule has 0 aliphatic carbocycles. The molecule has 0 fully saturated rings. The van der Waals surface area contributed by atoms with Gasteiger partial charge in [0.1, 0.15) is 0 Å². The van der Waals surface area contributed by atoms with Crippen molar-refractivity contribution in [2.24, 2.45) is 0 Å². The van der Waals surface area contributed by atoms with Crippen LogP contribution in [-0.4, -0.2) is 37.6 Å². The molecule has 0 aliphatic heterocycles. The topological polar surface area (TPSA) is 117 Å². The third-order valence-electron chi connectivity index (χ3n) is 3.60. The van der Waals surface area contributed by atoms with E-state index in [9.17, 15) is 19.7 Å². The Labute approximate surface area is 165 Å². The predicted octanol–water partition coefficient (Wildman–Crippen LogP) is 2.99. The molecule has 0 radical (unpaired) electrons. The first-order chi connectivity index (χ1) is 13.3. The summed E-state index contributed by atoms with van der Waals surface area (Å²) in [6.45, 7) is -0.528. The highest BCUT2D eigenvalue weighted by Gasteiger charge is 2.14. The van der Waals surface area contributed by atoms with Crippen LogP contribution in [0.5, 0.6) is 11.5 Å². The minimum absolute atomic E-state index is 0.000737. The third-order valence-corrected chi connectivity index (χ3v) is 3.91. The highest BCUT2D eigenvalue weighted by atomic mass is 35.5. The first-order valence-corrected chi connectivity index (χ1v) is 8.32. The van der Waals surface area contributed by atoms with Crippen LogP contribution in [-0.2, 0) is 20.7 Å². The molecule has 0 saturated carbocycles. The van der Waals surface area contributed by atoms with E-state index in [0.29, 0.717) is 17.1 Å². The fourth-order valence-electron chi connectivity index (χ4n) is 2.26. The number of anilines is 1. The van der Waals surface area contributed by atoms with Crippen LogP contribution in [0.1, 0.15) is 5.56 Å². The molecule has 9 nitrogen and oxygen atoms in total. The summed E-state index contributed by atoms with van der Waals surface area (Å²) in [6.07, 6.45) is -0.0636. The number of methoxy groups -OCH3 is 2. The number of esters is 1. The number of carbonyl (C=O) groups excluding carboxylic acids is 2. The van der Waals surface area contributed by atoms with Crippen molar-refractivity contribution in [3.05, 3.63) is 57.1 Å². The number of carbonyl (C=O) groups is 2. The monoisotopic (exact) mass is 408 g/mol. The number of nitro benzene ring substituents is 1. The highest BCUT2D eigenvalue weighted by Crippen LogP contribution is 2.28. The number of non-ortho nitro benzene ring substituents is 1. The maximum atomic E-state index is 11.9. The SMILES string of the molecule is COc1ccc(CC(=O)OCC(=O)Nc2ccc([N+](=O)[O-])cc2Cl)cc1OC. The van der Waals surface area contributed by atoms with Crippen molar-refractivity contribution < 1.29 is 28.7 Å². The van der Waals surface area contributed by atoms with Gasteiger partial charge in [-0.3, -0.25) is 19.7 Å². The van der Waals surface area contributed by atoms with E-state index in [1.165, 1.54) is 26.4 Å². The lowest BCUT2D eigenvalue weighted by Gasteiger charge is -2.10. The van der Waals surface area contributed by atoms with Gasteiger partial charge in [-0.25, -0.2) is 0 Å². The van der Waals surface area contributed by atoms with Crippen LogP contribution in [0.15, 0.2) is 36.4 Å². The second kappa shape index (κ2) is 9.56. The van der Waals surface area contributed by atoms with Gasteiger partial charge in [0.2, 0.25) is 0 Å². The Morgan fingerprint density at radius 2 is 1.82 bits per heavy atom. The van der Waals surface area contributed by atoms with Gasteiger partial charge in [-0.15, -0.1) is 0 Å². The fraction of sp³-hybridized carbons (Fsp3) is 0.222. The van der Waals surface area contributed by atoms with E-state index < -0.39 is 23.4 Å². The lowest BCUT2D eigenvalue weighted by Crippen LogP contribution is -2.21. The Kier molecular flexibility index (Phi) is 7.16. The average molecular weight is 409 g/mol. The Hall–Kier alpha value is -3.33. The number of nitro groups is 1. The van der Waals surface area contributed by atoms with Gasteiger partial charge in [-0.05, 0) is 23.8 Å². The van der Waals surface area contributed by atoms with E-state index in [1.807, 2.05) is 0 Å². The van der Waals surface area contributed by atoms with Gasteiger partial charge in [-0.2, -0.15) is 0 Å². The lowest BCUT2D eigenvalue weighted by molar-refractivity contribution is -0.384. The number of rotatable bonds is 8. The van der Waals surface area contributed by atoms with Crippen LogP contribution in [0.25, 0.3) is 0 Å². The van der Waals surface area contributed by atoms with Crippen molar-refractivity contribution in [2.75, 3.05) is 26.1 Å². The van der Waals surface area contributed by atoms with Gasteiger partial charge in [0, 0.05) is 12.1 Å². The van der Waals surface area contributed by atoms with E-state index in [4.69, 9.17) is 25.8 Å². The van der Waals surface area contributed by atoms with Crippen molar-refractivity contribution in [1.82, 2.24) is 0 Å². The largest absolute Gasteiger partial charge is 0.493 e. The summed E-state index contributed by atoms with van der Waals surface area (Å²) in [6, 6.07) is 8.58. The van der Waals surface area contributed by atoms with Crippen molar-refractivity contribution in [1.29, 1.82) is 0 Å². The van der Waals surface area contributed by atoms with Crippen LogP contribution in [0, 0.1) is 10.1 Å². The summed E-state index contributed by atoms with van der Waals surface area (Å²) in [7, 11) is 2.98. The molecular formula is C18H17ClN2O7. The summed E-state index contributed by atoms with van der Waals surface area (Å²) < 4.78 is 15.2. The number of nitrogens with one attached hydrogen (secondary N) is 1. The molecule has 148 valence electrons. The maximum Gasteiger partial charge on any atom is 0.310 e. The molecule has 0 aliphatic rings. The zero-order valence-electron chi connectivity index (χ0n) is 15.1. The summed E-state index contributed by atoms with van der Waals surface area (Å²) >= 11 is 5.89. The molecule has 2 aromatic rings. The van der Waals surface area contributed by atoms with Crippen molar-refractivity contribution in [3.63, 3.8) is 0 Å². The van der Waals surface area contributed by atoms with Crippen LogP contribution in [0.3, 0.4) is 0 Å². The van der Waals surface area contributed by atoms with Crippen molar-refractivity contribution >= 4 is 34.9 Å². The first-order valence-electron chi connectivity index (χ1n) is 7.94. The number of hydrogen-bond donors (Lipinski definition) is 1. The molecule has 10 heteroatoms. The molecule has 2 aromatic carbocycles. The molecule has 0 aromatic heterocycles. The van der Waals surface area contributed by atoms with Crippen molar-refractivity contribution in [2.45, 2.75) is 6.42 Å². The van der Waals surface area contributed by atoms with E-state index in [1.54, 1.807) is 18.2 Å².